The molecule has 0 fully saturated rings. The Kier molecular flexibility index (Phi) is 16.2. The van der Waals surface area contributed by atoms with Gasteiger partial charge in [-0.1, -0.05) is 132 Å². The second-order valence-corrected chi connectivity index (χ2v) is 11.7. The van der Waals surface area contributed by atoms with Crippen LogP contribution in [0.4, 0.5) is 5.69 Å². The molecule has 2 aromatic rings. The van der Waals surface area contributed by atoms with Crippen LogP contribution in [0.5, 0.6) is 5.75 Å². The zero-order valence-electron chi connectivity index (χ0n) is 25.2. The molecular formula is C36H51ClN2O2. The van der Waals surface area contributed by atoms with Gasteiger partial charge in [0.2, 0.25) is 5.91 Å². The Hall–Kier alpha value is -2.72. The first-order chi connectivity index (χ1) is 20.1. The minimum absolute atomic E-state index is 0.0536. The van der Waals surface area contributed by atoms with E-state index in [2.05, 4.69) is 47.6 Å². The Labute approximate surface area is 254 Å². The maximum absolute atomic E-state index is 12.7. The van der Waals surface area contributed by atoms with Crippen molar-refractivity contribution in [2.24, 2.45) is 0 Å². The zero-order chi connectivity index (χ0) is 29.0. The molecule has 0 atom stereocenters. The van der Waals surface area contributed by atoms with Gasteiger partial charge >= 0.3 is 0 Å². The molecule has 0 radical (unpaired) electrons. The fourth-order valence-corrected chi connectivity index (χ4v) is 5.36. The van der Waals surface area contributed by atoms with Crippen molar-refractivity contribution in [3.63, 3.8) is 0 Å². The highest BCUT2D eigenvalue weighted by molar-refractivity contribution is 6.32. The minimum Gasteiger partial charge on any atom is -0.492 e. The highest BCUT2D eigenvalue weighted by Crippen LogP contribution is 2.26. The lowest BCUT2D eigenvalue weighted by atomic mass is 10.0. The quantitative estimate of drug-likeness (QED) is 0.150. The maximum atomic E-state index is 12.7. The van der Waals surface area contributed by atoms with E-state index in [4.69, 9.17) is 16.3 Å². The van der Waals surface area contributed by atoms with Crippen LogP contribution in [0.25, 0.3) is 0 Å². The smallest absolute Gasteiger partial charge is 0.228 e. The molecule has 1 N–H and O–H groups in total. The van der Waals surface area contributed by atoms with Gasteiger partial charge in [0.1, 0.15) is 5.75 Å². The predicted molar refractivity (Wildman–Crippen MR) is 175 cm³/mol. The van der Waals surface area contributed by atoms with Gasteiger partial charge in [0.25, 0.3) is 0 Å². The van der Waals surface area contributed by atoms with Gasteiger partial charge in [0.15, 0.2) is 0 Å². The number of hydrogen-bond donors (Lipinski definition) is 1. The summed E-state index contributed by atoms with van der Waals surface area (Å²) in [5.74, 6) is 0.611. The number of nitrogens with zero attached hydrogens (tertiary/aromatic N) is 1. The van der Waals surface area contributed by atoms with Crippen LogP contribution >= 0.6 is 11.6 Å². The summed E-state index contributed by atoms with van der Waals surface area (Å²) in [4.78, 5) is 14.9. The van der Waals surface area contributed by atoms with Crippen molar-refractivity contribution < 1.29 is 9.53 Å². The summed E-state index contributed by atoms with van der Waals surface area (Å²) in [6.07, 6.45) is 27.4. The van der Waals surface area contributed by atoms with Crippen LogP contribution in [0.15, 0.2) is 66.9 Å². The summed E-state index contributed by atoms with van der Waals surface area (Å²) in [6.45, 7) is 4.70. The molecule has 0 aromatic heterocycles. The molecule has 41 heavy (non-hydrogen) atoms. The van der Waals surface area contributed by atoms with Crippen molar-refractivity contribution in [2.45, 2.75) is 110 Å². The number of anilines is 1. The van der Waals surface area contributed by atoms with E-state index < -0.39 is 0 Å². The number of carbonyl (C=O) groups is 1. The molecule has 1 heterocycles. The third-order valence-corrected chi connectivity index (χ3v) is 7.94. The zero-order valence-corrected chi connectivity index (χ0v) is 26.0. The van der Waals surface area contributed by atoms with E-state index in [0.29, 0.717) is 17.4 Å². The van der Waals surface area contributed by atoms with Crippen LogP contribution in [-0.4, -0.2) is 24.0 Å². The van der Waals surface area contributed by atoms with Crippen molar-refractivity contribution in [1.29, 1.82) is 0 Å². The van der Waals surface area contributed by atoms with Gasteiger partial charge in [-0.2, -0.15) is 0 Å². The third kappa shape index (κ3) is 14.1. The van der Waals surface area contributed by atoms with Gasteiger partial charge in [0, 0.05) is 18.8 Å². The lowest BCUT2D eigenvalue weighted by Crippen LogP contribution is -2.18. The number of rotatable bonds is 21. The largest absolute Gasteiger partial charge is 0.492 e. The molecule has 224 valence electrons. The first-order valence-corrected chi connectivity index (χ1v) is 16.4. The number of allylic oxidation sites excluding steroid dienone is 2. The van der Waals surface area contributed by atoms with Crippen LogP contribution in [0.3, 0.4) is 0 Å². The molecular weight excluding hydrogens is 528 g/mol. The van der Waals surface area contributed by atoms with Crippen molar-refractivity contribution in [3.8, 4) is 5.75 Å². The Balaban J connectivity index is 1.25. The van der Waals surface area contributed by atoms with E-state index >= 15 is 0 Å². The fourth-order valence-electron chi connectivity index (χ4n) is 5.19. The summed E-state index contributed by atoms with van der Waals surface area (Å²) in [6, 6.07) is 13.7. The first-order valence-electron chi connectivity index (χ1n) is 16.0. The van der Waals surface area contributed by atoms with Gasteiger partial charge in [0.05, 0.1) is 18.1 Å². The van der Waals surface area contributed by atoms with E-state index in [1.165, 1.54) is 89.0 Å². The van der Waals surface area contributed by atoms with Gasteiger partial charge in [-0.25, -0.2) is 0 Å². The number of benzene rings is 2. The van der Waals surface area contributed by atoms with Crippen molar-refractivity contribution in [3.05, 3.63) is 83.0 Å². The molecule has 1 aliphatic rings. The van der Waals surface area contributed by atoms with Crippen LogP contribution in [0, 0.1) is 0 Å². The maximum Gasteiger partial charge on any atom is 0.228 e. The third-order valence-electron chi connectivity index (χ3n) is 7.62. The lowest BCUT2D eigenvalue weighted by molar-refractivity contribution is -0.115. The molecule has 0 saturated heterocycles. The molecule has 0 bridgehead atoms. The number of unbranched alkanes of at least 4 members (excludes halogenated alkanes) is 13. The van der Waals surface area contributed by atoms with E-state index in [1.807, 2.05) is 36.4 Å². The number of carbonyl (C=O) groups excluding carboxylic acids is 1. The average Bonchev–Trinajstić information content (AvgIpc) is 2.98. The van der Waals surface area contributed by atoms with Crippen molar-refractivity contribution in [2.75, 3.05) is 18.5 Å². The normalized spacial score (nSPS) is 12.6. The Bertz CT molecular complexity index is 1060. The molecule has 4 nitrogen and oxygen atoms in total. The predicted octanol–water partition coefficient (Wildman–Crippen LogP) is 10.3. The summed E-state index contributed by atoms with van der Waals surface area (Å²) >= 11 is 6.38. The monoisotopic (exact) mass is 578 g/mol. The number of halogens is 1. The molecule has 1 amide bonds. The lowest BCUT2D eigenvalue weighted by Gasteiger charge is -2.20. The molecule has 0 unspecified atom stereocenters. The summed E-state index contributed by atoms with van der Waals surface area (Å²) in [5.41, 5.74) is 2.90. The number of hydrogen-bond acceptors (Lipinski definition) is 3. The highest BCUT2D eigenvalue weighted by Gasteiger charge is 2.09. The molecule has 1 aliphatic heterocycles. The van der Waals surface area contributed by atoms with E-state index in [9.17, 15) is 4.79 Å². The van der Waals surface area contributed by atoms with Crippen molar-refractivity contribution in [1.82, 2.24) is 4.90 Å². The number of nitrogens with one attached hydrogen (secondary N) is 1. The summed E-state index contributed by atoms with van der Waals surface area (Å²) in [7, 11) is 0. The Morgan fingerprint density at radius 1 is 0.805 bits per heavy atom. The number of amides is 1. The summed E-state index contributed by atoms with van der Waals surface area (Å²) < 4.78 is 5.98. The van der Waals surface area contributed by atoms with Crippen molar-refractivity contribution >= 4 is 23.2 Å². The van der Waals surface area contributed by atoms with Crippen LogP contribution in [-0.2, 0) is 17.8 Å². The Morgan fingerprint density at radius 2 is 1.41 bits per heavy atom. The topological polar surface area (TPSA) is 41.6 Å². The van der Waals surface area contributed by atoms with E-state index in [0.717, 1.165) is 30.8 Å². The highest BCUT2D eigenvalue weighted by atomic mass is 35.5. The molecule has 0 saturated carbocycles. The minimum atomic E-state index is -0.0536. The van der Waals surface area contributed by atoms with E-state index in [-0.39, 0.29) is 12.3 Å². The van der Waals surface area contributed by atoms with Gasteiger partial charge in [-0.15, -0.1) is 0 Å². The molecule has 0 aliphatic carbocycles. The van der Waals surface area contributed by atoms with E-state index in [1.54, 1.807) is 0 Å². The van der Waals surface area contributed by atoms with Crippen LogP contribution in [0.2, 0.25) is 5.02 Å². The molecule has 2 aromatic carbocycles. The average molecular weight is 579 g/mol. The SMILES string of the molecule is CCCCCCCCCCCCCCCCOc1cc(CC(=O)Nc2ccc(CN3C=CC=CC3)cc2)ccc1Cl. The van der Waals surface area contributed by atoms with Gasteiger partial charge < -0.3 is 15.0 Å². The Morgan fingerprint density at radius 3 is 2.02 bits per heavy atom. The second-order valence-electron chi connectivity index (χ2n) is 11.3. The fraction of sp³-hybridized carbons (Fsp3) is 0.528. The van der Waals surface area contributed by atoms with Gasteiger partial charge in [-0.3, -0.25) is 4.79 Å². The molecule has 5 heteroatoms. The molecule has 0 spiro atoms. The summed E-state index contributed by atoms with van der Waals surface area (Å²) in [5, 5.41) is 3.60. The molecule has 3 rings (SSSR count). The number of ether oxygens (including phenoxy) is 1. The van der Waals surface area contributed by atoms with Crippen LogP contribution < -0.4 is 10.1 Å². The van der Waals surface area contributed by atoms with Gasteiger partial charge in [-0.05, 0) is 54.1 Å². The standard InChI is InChI=1S/C36H51ClN2O2/c1-2-3-4-5-6-7-8-9-10-11-12-13-14-18-27-41-35-28-32(21-24-34(35)37)29-36(40)38-33-22-19-31(20-23-33)30-39-25-16-15-17-26-39/h15-17,19-25,28H,2-14,18,26-27,29-30H2,1H3,(H,38,40). The van der Waals surface area contributed by atoms with Crippen LogP contribution in [0.1, 0.15) is 108 Å². The second kappa shape index (κ2) is 20.2. The first kappa shape index (κ1) is 32.8.